The molecule has 0 aromatic heterocycles. The van der Waals surface area contributed by atoms with Gasteiger partial charge in [-0.3, -0.25) is 4.79 Å². The highest BCUT2D eigenvalue weighted by molar-refractivity contribution is 8.13. The molecule has 0 aliphatic rings. The van der Waals surface area contributed by atoms with Crippen LogP contribution in [0.5, 0.6) is 0 Å². The maximum absolute atomic E-state index is 11.1. The number of aryl methyl sites for hydroxylation is 1. The third-order valence-corrected chi connectivity index (χ3v) is 3.28. The van der Waals surface area contributed by atoms with E-state index in [4.69, 9.17) is 15.9 Å². The fourth-order valence-corrected chi connectivity index (χ4v) is 2.19. The van der Waals surface area contributed by atoms with Gasteiger partial charge in [0.1, 0.15) is 11.0 Å². The van der Waals surface area contributed by atoms with Gasteiger partial charge in [-0.2, -0.15) is 5.26 Å². The third kappa shape index (κ3) is 2.17. The Hall–Kier alpha value is -1.38. The number of carbonyl (C=O) groups is 1. The minimum absolute atomic E-state index is 0.0548. The predicted octanol–water partition coefficient (Wildman–Crippen LogP) is 1.61. The summed E-state index contributed by atoms with van der Waals surface area (Å²) in [7, 11) is 1.12. The van der Waals surface area contributed by atoms with Crippen molar-refractivity contribution in [1.29, 1.82) is 5.26 Å². The van der Waals surface area contributed by atoms with Crippen molar-refractivity contribution in [3.8, 4) is 6.07 Å². The zero-order chi connectivity index (χ0) is 11.6. The highest BCUT2D eigenvalue weighted by Gasteiger charge is 2.19. The van der Waals surface area contributed by atoms with Crippen LogP contribution in [-0.4, -0.2) is 14.7 Å². The van der Waals surface area contributed by atoms with Gasteiger partial charge in [-0.1, -0.05) is 6.07 Å². The van der Waals surface area contributed by atoms with Crippen molar-refractivity contribution >= 4 is 26.0 Å². The van der Waals surface area contributed by atoms with E-state index in [-0.39, 0.29) is 16.0 Å². The molecule has 0 fully saturated rings. The number of carbonyl (C=O) groups excluding carboxylic acids is 1. The maximum atomic E-state index is 11.1. The van der Waals surface area contributed by atoms with Gasteiger partial charge >= 0.3 is 0 Å². The van der Waals surface area contributed by atoms with E-state index >= 15 is 0 Å². The normalized spacial score (nSPS) is 10.7. The van der Waals surface area contributed by atoms with Crippen molar-refractivity contribution in [3.05, 3.63) is 28.8 Å². The highest BCUT2D eigenvalue weighted by Crippen LogP contribution is 2.23. The van der Waals surface area contributed by atoms with Crippen LogP contribution in [0.4, 0.5) is 0 Å². The summed E-state index contributed by atoms with van der Waals surface area (Å²) in [5, 5.41) is 8.79. The topological polar surface area (TPSA) is 75.0 Å². The Kier molecular flexibility index (Phi) is 3.12. The van der Waals surface area contributed by atoms with E-state index < -0.39 is 9.05 Å². The number of hydrogen-bond donors (Lipinski definition) is 0. The van der Waals surface area contributed by atoms with Crippen LogP contribution < -0.4 is 0 Å². The Morgan fingerprint density at radius 3 is 2.47 bits per heavy atom. The van der Waals surface area contributed by atoms with Gasteiger partial charge in [-0.25, -0.2) is 8.42 Å². The number of benzene rings is 1. The van der Waals surface area contributed by atoms with E-state index in [1.54, 1.807) is 13.0 Å². The molecule has 0 heterocycles. The molecule has 0 saturated heterocycles. The number of nitrogens with zero attached hydrogens (tertiary/aromatic N) is 1. The first kappa shape index (κ1) is 11.7. The quantitative estimate of drug-likeness (QED) is 0.584. The lowest BCUT2D eigenvalue weighted by Gasteiger charge is -2.04. The maximum Gasteiger partial charge on any atom is 0.262 e. The summed E-state index contributed by atoms with van der Waals surface area (Å²) in [6.07, 6.45) is 0.444. The van der Waals surface area contributed by atoms with Crippen LogP contribution in [-0.2, 0) is 9.05 Å². The molecule has 0 aliphatic heterocycles. The molecular weight excluding hydrogens is 238 g/mol. The molecule has 0 aliphatic carbocycles. The molecule has 1 aromatic carbocycles. The molecule has 1 aromatic rings. The van der Waals surface area contributed by atoms with Crippen LogP contribution in [0.1, 0.15) is 21.5 Å². The average molecular weight is 244 g/mol. The largest absolute Gasteiger partial charge is 0.298 e. The molecule has 4 nitrogen and oxygen atoms in total. The van der Waals surface area contributed by atoms with E-state index in [2.05, 4.69) is 0 Å². The molecule has 0 N–H and O–H groups in total. The molecular formula is C9H6ClNO3S. The van der Waals surface area contributed by atoms with Crippen molar-refractivity contribution in [2.75, 3.05) is 0 Å². The summed E-state index contributed by atoms with van der Waals surface area (Å²) in [6.45, 7) is 1.61. The van der Waals surface area contributed by atoms with Crippen molar-refractivity contribution < 1.29 is 13.2 Å². The van der Waals surface area contributed by atoms with Gasteiger partial charge in [0.2, 0.25) is 0 Å². The number of aldehydes is 1. The molecule has 0 spiro atoms. The number of hydrogen-bond acceptors (Lipinski definition) is 4. The number of halogens is 1. The Labute approximate surface area is 91.5 Å². The first-order chi connectivity index (χ1) is 6.91. The zero-order valence-electron chi connectivity index (χ0n) is 7.69. The first-order valence-corrected chi connectivity index (χ1v) is 6.16. The van der Waals surface area contributed by atoms with Gasteiger partial charge in [-0.05, 0) is 18.6 Å². The summed E-state index contributed by atoms with van der Waals surface area (Å²) in [4.78, 5) is 10.4. The Bertz CT molecular complexity index is 557. The minimum atomic E-state index is -4.00. The van der Waals surface area contributed by atoms with Gasteiger partial charge in [0.05, 0.1) is 5.56 Å². The van der Waals surface area contributed by atoms with Gasteiger partial charge < -0.3 is 0 Å². The third-order valence-electron chi connectivity index (χ3n) is 1.92. The van der Waals surface area contributed by atoms with Crippen molar-refractivity contribution in [1.82, 2.24) is 0 Å². The number of rotatable bonds is 2. The first-order valence-electron chi connectivity index (χ1n) is 3.85. The van der Waals surface area contributed by atoms with Gasteiger partial charge in [0, 0.05) is 16.2 Å². The smallest absolute Gasteiger partial charge is 0.262 e. The molecule has 15 heavy (non-hydrogen) atoms. The van der Waals surface area contributed by atoms with Crippen LogP contribution in [0.2, 0.25) is 0 Å². The molecule has 6 heteroatoms. The standard InChI is InChI=1S/C9H6ClNO3S/c1-6-2-3-9(15(10,13)14)7(4-11)8(6)5-12/h2-3,5H,1H3. The van der Waals surface area contributed by atoms with Gasteiger partial charge in [0.25, 0.3) is 9.05 Å². The SMILES string of the molecule is Cc1ccc(S(=O)(=O)Cl)c(C#N)c1C=O. The minimum Gasteiger partial charge on any atom is -0.298 e. The van der Waals surface area contributed by atoms with Gasteiger partial charge in [-0.15, -0.1) is 0 Å². The van der Waals surface area contributed by atoms with E-state index in [9.17, 15) is 13.2 Å². The van der Waals surface area contributed by atoms with Crippen LogP contribution in [0.25, 0.3) is 0 Å². The molecule has 0 bridgehead atoms. The molecule has 0 radical (unpaired) electrons. The summed E-state index contributed by atoms with van der Waals surface area (Å²) >= 11 is 0. The summed E-state index contributed by atoms with van der Waals surface area (Å²) in [6, 6.07) is 4.31. The summed E-state index contributed by atoms with van der Waals surface area (Å²) < 4.78 is 22.2. The molecule has 0 atom stereocenters. The molecule has 0 amide bonds. The second-order valence-corrected chi connectivity index (χ2v) is 5.37. The Morgan fingerprint density at radius 1 is 1.47 bits per heavy atom. The second kappa shape index (κ2) is 4.01. The van der Waals surface area contributed by atoms with Gasteiger partial charge in [0.15, 0.2) is 6.29 Å². The zero-order valence-corrected chi connectivity index (χ0v) is 9.26. The van der Waals surface area contributed by atoms with Crippen molar-refractivity contribution in [2.24, 2.45) is 0 Å². The Morgan fingerprint density at radius 2 is 2.07 bits per heavy atom. The summed E-state index contributed by atoms with van der Waals surface area (Å²) in [5.74, 6) is 0. The lowest BCUT2D eigenvalue weighted by molar-refractivity contribution is 0.112. The van der Waals surface area contributed by atoms with Crippen LogP contribution in [0.15, 0.2) is 17.0 Å². The van der Waals surface area contributed by atoms with Crippen LogP contribution in [0, 0.1) is 18.3 Å². The monoisotopic (exact) mass is 243 g/mol. The molecule has 78 valence electrons. The fraction of sp³-hybridized carbons (Fsp3) is 0.111. The Balaban J connectivity index is 3.74. The molecule has 1 rings (SSSR count). The lowest BCUT2D eigenvalue weighted by atomic mass is 10.0. The molecule has 0 saturated carbocycles. The van der Waals surface area contributed by atoms with E-state index in [1.807, 2.05) is 0 Å². The van der Waals surface area contributed by atoms with Crippen molar-refractivity contribution in [2.45, 2.75) is 11.8 Å². The lowest BCUT2D eigenvalue weighted by Crippen LogP contribution is -2.01. The van der Waals surface area contributed by atoms with Crippen LogP contribution >= 0.6 is 10.7 Å². The fourth-order valence-electron chi connectivity index (χ4n) is 1.17. The second-order valence-electron chi connectivity index (χ2n) is 2.84. The van der Waals surface area contributed by atoms with E-state index in [0.717, 1.165) is 0 Å². The predicted molar refractivity (Wildman–Crippen MR) is 54.3 cm³/mol. The van der Waals surface area contributed by atoms with E-state index in [0.29, 0.717) is 11.8 Å². The average Bonchev–Trinajstić information content (AvgIpc) is 2.15. The van der Waals surface area contributed by atoms with Crippen molar-refractivity contribution in [3.63, 3.8) is 0 Å². The summed E-state index contributed by atoms with van der Waals surface area (Å²) in [5.41, 5.74) is 0.379. The number of nitriles is 1. The molecule has 0 unspecified atom stereocenters. The van der Waals surface area contributed by atoms with E-state index in [1.165, 1.54) is 12.1 Å². The highest BCUT2D eigenvalue weighted by atomic mass is 35.7. The van der Waals surface area contributed by atoms with Crippen LogP contribution in [0.3, 0.4) is 0 Å².